The monoisotopic (exact) mass is 457 g/mol. The Hall–Kier alpha value is -1.55. The van der Waals surface area contributed by atoms with E-state index in [9.17, 15) is 29.0 Å². The predicted octanol–water partition coefficient (Wildman–Crippen LogP) is 2.59. The highest BCUT2D eigenvalue weighted by Gasteiger charge is 2.56. The lowest BCUT2D eigenvalue weighted by Crippen LogP contribution is -2.69. The Labute approximate surface area is 185 Å². The number of hydrogen-bond donors (Lipinski definition) is 3. The zero-order chi connectivity index (χ0) is 22.3. The molecule has 4 aliphatic carbocycles. The van der Waals surface area contributed by atoms with Gasteiger partial charge in [-0.2, -0.15) is 11.8 Å². The molecule has 2 amide bonds. The minimum atomic E-state index is -1.40. The van der Waals surface area contributed by atoms with Gasteiger partial charge in [0.1, 0.15) is 18.3 Å². The van der Waals surface area contributed by atoms with Gasteiger partial charge in [-0.05, 0) is 74.7 Å². The van der Waals surface area contributed by atoms with Gasteiger partial charge in [-0.1, -0.05) is 0 Å². The third kappa shape index (κ3) is 4.37. The van der Waals surface area contributed by atoms with Gasteiger partial charge in [0.05, 0.1) is 6.54 Å². The molecule has 0 radical (unpaired) electrons. The second kappa shape index (κ2) is 8.77. The van der Waals surface area contributed by atoms with Crippen LogP contribution in [0.2, 0.25) is 0 Å². The van der Waals surface area contributed by atoms with E-state index in [0.717, 1.165) is 24.2 Å². The molecule has 174 valence electrons. The van der Waals surface area contributed by atoms with Gasteiger partial charge in [-0.25, -0.2) is 14.2 Å². The van der Waals surface area contributed by atoms with Crippen LogP contribution in [0.1, 0.15) is 51.4 Å². The molecule has 4 bridgehead atoms. The molecule has 0 aromatic carbocycles. The Kier molecular flexibility index (Phi) is 6.40. The van der Waals surface area contributed by atoms with Crippen LogP contribution < -0.4 is 5.43 Å². The summed E-state index contributed by atoms with van der Waals surface area (Å²) in [6, 6.07) is -2.03. The maximum absolute atomic E-state index is 14.0. The maximum Gasteiger partial charge on any atom is 0.408 e. The number of halogens is 1. The highest BCUT2D eigenvalue weighted by atomic mass is 32.2. The molecule has 3 atom stereocenters. The Bertz CT molecular complexity index is 703. The number of hydrazine groups is 1. The predicted molar refractivity (Wildman–Crippen MR) is 113 cm³/mol. The number of amides is 2. The van der Waals surface area contributed by atoms with Crippen LogP contribution >= 0.6 is 11.8 Å². The highest BCUT2D eigenvalue weighted by Crippen LogP contribution is 2.58. The van der Waals surface area contributed by atoms with E-state index in [0.29, 0.717) is 29.9 Å². The van der Waals surface area contributed by atoms with E-state index in [4.69, 9.17) is 0 Å². The zero-order valence-corrected chi connectivity index (χ0v) is 18.7. The van der Waals surface area contributed by atoms with E-state index in [2.05, 4.69) is 5.43 Å². The van der Waals surface area contributed by atoms with Crippen LogP contribution in [-0.2, 0) is 9.59 Å². The lowest BCUT2D eigenvalue weighted by molar-refractivity contribution is -0.169. The van der Waals surface area contributed by atoms with Crippen LogP contribution in [0.4, 0.5) is 9.18 Å². The quantitative estimate of drug-likeness (QED) is 0.481. The number of thioether (sulfide) groups is 1. The van der Waals surface area contributed by atoms with E-state index in [1.54, 1.807) is 16.8 Å². The minimum absolute atomic E-state index is 0.199. The first-order valence-electron chi connectivity index (χ1n) is 11.2. The summed E-state index contributed by atoms with van der Waals surface area (Å²) in [7, 11) is 0. The summed E-state index contributed by atoms with van der Waals surface area (Å²) < 4.78 is 14.0. The van der Waals surface area contributed by atoms with Crippen molar-refractivity contribution < 1.29 is 29.0 Å². The van der Waals surface area contributed by atoms with Gasteiger partial charge < -0.3 is 10.2 Å². The SMILES string of the molecule is CSCC[C@@H](C(=O)O)N(NC(=O)[C@@H]1C[C@@H](F)CN1C(=O)O)C12CC3CC(CC(C3)C1)C2. The van der Waals surface area contributed by atoms with E-state index in [1.165, 1.54) is 19.3 Å². The number of nitrogens with zero attached hydrogens (tertiary/aromatic N) is 2. The van der Waals surface area contributed by atoms with Crippen LogP contribution in [0, 0.1) is 17.8 Å². The lowest BCUT2D eigenvalue weighted by Gasteiger charge is -2.61. The molecule has 5 aliphatic rings. The summed E-state index contributed by atoms with van der Waals surface area (Å²) in [5, 5.41) is 21.1. The van der Waals surface area contributed by atoms with Crippen molar-refractivity contribution in [2.75, 3.05) is 18.6 Å². The molecule has 31 heavy (non-hydrogen) atoms. The largest absolute Gasteiger partial charge is 0.480 e. The molecule has 0 aromatic rings. The van der Waals surface area contributed by atoms with Gasteiger partial charge in [-0.3, -0.25) is 19.9 Å². The van der Waals surface area contributed by atoms with Crippen LogP contribution in [0.25, 0.3) is 0 Å². The molecule has 4 saturated carbocycles. The normalized spacial score (nSPS) is 37.3. The average molecular weight is 458 g/mol. The molecule has 1 saturated heterocycles. The van der Waals surface area contributed by atoms with Crippen molar-refractivity contribution >= 4 is 29.7 Å². The van der Waals surface area contributed by atoms with Crippen molar-refractivity contribution in [3.05, 3.63) is 0 Å². The number of alkyl halides is 1. The molecule has 5 rings (SSSR count). The summed E-state index contributed by atoms with van der Waals surface area (Å²) in [5.41, 5.74) is 2.42. The van der Waals surface area contributed by atoms with E-state index in [-0.39, 0.29) is 13.0 Å². The Morgan fingerprint density at radius 3 is 2.19 bits per heavy atom. The first kappa shape index (κ1) is 22.6. The number of nitrogens with one attached hydrogen (secondary N) is 1. The van der Waals surface area contributed by atoms with Crippen molar-refractivity contribution in [2.45, 2.75) is 75.2 Å². The van der Waals surface area contributed by atoms with Crippen LogP contribution in [0.15, 0.2) is 0 Å². The number of aliphatic carboxylic acids is 1. The van der Waals surface area contributed by atoms with Crippen LogP contribution in [-0.4, -0.2) is 80.4 Å². The smallest absolute Gasteiger partial charge is 0.408 e. The molecule has 10 heteroatoms. The molecular formula is C21H32FN3O5S. The van der Waals surface area contributed by atoms with Gasteiger partial charge in [-0.15, -0.1) is 0 Å². The second-order valence-electron chi connectivity index (χ2n) is 9.91. The number of carbonyl (C=O) groups is 3. The van der Waals surface area contributed by atoms with Gasteiger partial charge in [0, 0.05) is 12.0 Å². The summed E-state index contributed by atoms with van der Waals surface area (Å²) in [6.07, 6.45) is 5.41. The summed E-state index contributed by atoms with van der Waals surface area (Å²) in [5.74, 6) is 0.643. The Balaban J connectivity index is 1.62. The van der Waals surface area contributed by atoms with E-state index >= 15 is 0 Å². The number of carboxylic acid groups (broad SMARTS) is 2. The number of carbonyl (C=O) groups excluding carboxylic acids is 1. The first-order chi connectivity index (χ1) is 14.7. The van der Waals surface area contributed by atoms with Gasteiger partial charge in [0.15, 0.2) is 0 Å². The lowest BCUT2D eigenvalue weighted by atomic mass is 9.52. The van der Waals surface area contributed by atoms with E-state index < -0.39 is 41.8 Å². The topological polar surface area (TPSA) is 110 Å². The number of rotatable bonds is 8. The molecular weight excluding hydrogens is 425 g/mol. The number of likely N-dealkylation sites (tertiary alicyclic amines) is 1. The molecule has 1 aliphatic heterocycles. The fourth-order valence-corrected chi connectivity index (χ4v) is 7.38. The highest BCUT2D eigenvalue weighted by molar-refractivity contribution is 7.98. The van der Waals surface area contributed by atoms with Crippen molar-refractivity contribution in [3.63, 3.8) is 0 Å². The molecule has 5 fully saturated rings. The molecule has 0 spiro atoms. The summed E-state index contributed by atoms with van der Waals surface area (Å²) >= 11 is 1.55. The standard InChI is InChI=1S/C21H32FN3O5S/c1-31-3-2-16(19(27)28)25(21-8-12-4-13(9-21)6-14(5-12)10-21)23-18(26)17-7-15(22)11-24(17)20(29)30/h12-17H,2-11H2,1H3,(H,23,26)(H,27,28)(H,29,30)/t12?,13?,14?,15-,16+,17+,21?/m1/s1. The number of hydrogen-bond acceptors (Lipinski definition) is 5. The minimum Gasteiger partial charge on any atom is -0.480 e. The first-order valence-corrected chi connectivity index (χ1v) is 12.6. The van der Waals surface area contributed by atoms with Crippen molar-refractivity contribution in [2.24, 2.45) is 17.8 Å². The van der Waals surface area contributed by atoms with Gasteiger partial charge in [0.2, 0.25) is 0 Å². The van der Waals surface area contributed by atoms with Gasteiger partial charge in [0.25, 0.3) is 5.91 Å². The summed E-state index contributed by atoms with van der Waals surface area (Å²) in [6.45, 7) is -0.334. The molecule has 8 nitrogen and oxygen atoms in total. The Morgan fingerprint density at radius 2 is 1.71 bits per heavy atom. The van der Waals surface area contributed by atoms with Crippen LogP contribution in [0.5, 0.6) is 0 Å². The third-order valence-corrected chi connectivity index (χ3v) is 8.38. The molecule has 0 aromatic heterocycles. The van der Waals surface area contributed by atoms with Crippen molar-refractivity contribution in [1.29, 1.82) is 0 Å². The summed E-state index contributed by atoms with van der Waals surface area (Å²) in [4.78, 5) is 37.8. The maximum atomic E-state index is 14.0. The van der Waals surface area contributed by atoms with Gasteiger partial charge >= 0.3 is 12.1 Å². The number of carboxylic acids is 1. The fourth-order valence-electron chi connectivity index (χ4n) is 6.92. The average Bonchev–Trinajstić information content (AvgIpc) is 3.08. The zero-order valence-electron chi connectivity index (χ0n) is 17.8. The molecule has 0 unspecified atom stereocenters. The molecule has 3 N–H and O–H groups in total. The fraction of sp³-hybridized carbons (Fsp3) is 0.857. The Morgan fingerprint density at radius 1 is 1.13 bits per heavy atom. The van der Waals surface area contributed by atoms with Crippen molar-refractivity contribution in [1.82, 2.24) is 15.3 Å². The van der Waals surface area contributed by atoms with Crippen LogP contribution in [0.3, 0.4) is 0 Å². The van der Waals surface area contributed by atoms with Crippen molar-refractivity contribution in [3.8, 4) is 0 Å². The van der Waals surface area contributed by atoms with E-state index in [1.807, 2.05) is 6.26 Å². The second-order valence-corrected chi connectivity index (χ2v) is 10.9. The molecule has 1 heterocycles. The third-order valence-electron chi connectivity index (χ3n) is 7.74.